The minimum Gasteiger partial charge on any atom is -0.349 e. The van der Waals surface area contributed by atoms with Crippen LogP contribution >= 0.6 is 24.2 Å². The summed E-state index contributed by atoms with van der Waals surface area (Å²) in [7, 11) is 0. The van der Waals surface area contributed by atoms with Gasteiger partial charge >= 0.3 is 0 Å². The van der Waals surface area contributed by atoms with Gasteiger partial charge in [0.1, 0.15) is 0 Å². The number of rotatable bonds is 7. The van der Waals surface area contributed by atoms with Crippen molar-refractivity contribution in [2.24, 2.45) is 0 Å². The fourth-order valence-electron chi connectivity index (χ4n) is 4.01. The van der Waals surface area contributed by atoms with E-state index in [4.69, 9.17) is 11.6 Å². The van der Waals surface area contributed by atoms with Crippen molar-refractivity contribution in [2.75, 3.05) is 11.1 Å². The van der Waals surface area contributed by atoms with Crippen molar-refractivity contribution in [1.29, 1.82) is 0 Å². The number of hydrogen-bond acceptors (Lipinski definition) is 5. The number of thiol groups is 1. The molecule has 0 saturated carbocycles. The van der Waals surface area contributed by atoms with Crippen LogP contribution in [0.2, 0.25) is 5.02 Å². The molecule has 0 bridgehead atoms. The Balaban J connectivity index is 1.52. The highest BCUT2D eigenvalue weighted by molar-refractivity contribution is 7.80. The van der Waals surface area contributed by atoms with Crippen molar-refractivity contribution in [1.82, 2.24) is 10.2 Å². The molecular weight excluding hydrogens is 498 g/mol. The first kappa shape index (κ1) is 25.5. The van der Waals surface area contributed by atoms with Crippen molar-refractivity contribution in [3.8, 4) is 0 Å². The standard InChI is InChI=1S/C27H24ClN3O4S/c1-15-12-17(13-31-26(34)18-6-3-4-7-19(18)27(31)35)10-11-22(15)30-24(32)20-8-5-9-21(28)23(20)25(33)29-16(2)14-36/h3-12,16,36H,13-14H2,1-2H3,(H,29,33)(H,30,32)/t16-/m0/s1. The molecule has 3 aromatic carbocycles. The first-order valence-corrected chi connectivity index (χ1v) is 12.3. The molecule has 1 atom stereocenters. The summed E-state index contributed by atoms with van der Waals surface area (Å²) in [5, 5.41) is 5.77. The summed E-state index contributed by atoms with van der Waals surface area (Å²) in [6, 6.07) is 16.5. The van der Waals surface area contributed by atoms with Gasteiger partial charge in [-0.2, -0.15) is 12.6 Å². The van der Waals surface area contributed by atoms with Gasteiger partial charge in [0.2, 0.25) is 0 Å². The van der Waals surface area contributed by atoms with Crippen LogP contribution in [0.25, 0.3) is 0 Å². The van der Waals surface area contributed by atoms with Crippen LogP contribution in [0.5, 0.6) is 0 Å². The maximum Gasteiger partial charge on any atom is 0.261 e. The molecule has 1 aliphatic heterocycles. The van der Waals surface area contributed by atoms with Gasteiger partial charge in [-0.15, -0.1) is 0 Å². The van der Waals surface area contributed by atoms with E-state index in [2.05, 4.69) is 23.3 Å². The third-order valence-electron chi connectivity index (χ3n) is 5.89. The number of anilines is 1. The number of carbonyl (C=O) groups excluding carboxylic acids is 4. The first-order valence-electron chi connectivity index (χ1n) is 11.3. The van der Waals surface area contributed by atoms with Gasteiger partial charge in [0, 0.05) is 17.5 Å². The van der Waals surface area contributed by atoms with Gasteiger partial charge in [-0.05, 0) is 55.3 Å². The van der Waals surface area contributed by atoms with Gasteiger partial charge in [0.15, 0.2) is 0 Å². The van der Waals surface area contributed by atoms with E-state index >= 15 is 0 Å². The van der Waals surface area contributed by atoms with E-state index < -0.39 is 11.8 Å². The molecule has 0 spiro atoms. The molecule has 0 radical (unpaired) electrons. The molecule has 0 aliphatic carbocycles. The maximum atomic E-state index is 13.1. The predicted molar refractivity (Wildman–Crippen MR) is 142 cm³/mol. The third kappa shape index (κ3) is 5.01. The SMILES string of the molecule is Cc1cc(CN2C(=O)c3ccccc3C2=O)ccc1NC(=O)c1cccc(Cl)c1C(=O)N[C@@H](C)CS. The van der Waals surface area contributed by atoms with E-state index in [1.165, 1.54) is 11.0 Å². The number of nitrogens with one attached hydrogen (secondary N) is 2. The first-order chi connectivity index (χ1) is 17.2. The largest absolute Gasteiger partial charge is 0.349 e. The monoisotopic (exact) mass is 521 g/mol. The number of nitrogens with zero attached hydrogens (tertiary/aromatic N) is 1. The van der Waals surface area contributed by atoms with E-state index in [0.717, 1.165) is 11.1 Å². The number of carbonyl (C=O) groups is 4. The van der Waals surface area contributed by atoms with Crippen LogP contribution in [-0.2, 0) is 6.54 Å². The topological polar surface area (TPSA) is 95.6 Å². The Labute approximate surface area is 219 Å². The zero-order valence-corrected chi connectivity index (χ0v) is 21.3. The number of halogens is 1. The third-order valence-corrected chi connectivity index (χ3v) is 6.76. The number of fused-ring (bicyclic) bond motifs is 1. The zero-order valence-electron chi connectivity index (χ0n) is 19.7. The average Bonchev–Trinajstić information content (AvgIpc) is 3.10. The molecule has 0 saturated heterocycles. The normalized spacial score (nSPS) is 13.4. The van der Waals surface area contributed by atoms with Crippen LogP contribution in [0.3, 0.4) is 0 Å². The van der Waals surface area contributed by atoms with Gasteiger partial charge < -0.3 is 10.6 Å². The molecule has 4 amide bonds. The Morgan fingerprint density at radius 3 is 2.25 bits per heavy atom. The highest BCUT2D eigenvalue weighted by atomic mass is 35.5. The van der Waals surface area contributed by atoms with E-state index in [0.29, 0.717) is 22.6 Å². The van der Waals surface area contributed by atoms with Gasteiger partial charge in [0.25, 0.3) is 23.6 Å². The molecule has 2 N–H and O–H groups in total. The molecule has 4 rings (SSSR count). The smallest absolute Gasteiger partial charge is 0.261 e. The predicted octanol–water partition coefficient (Wildman–Crippen LogP) is 4.75. The van der Waals surface area contributed by atoms with Crippen LogP contribution in [0, 0.1) is 6.92 Å². The molecule has 1 heterocycles. The van der Waals surface area contributed by atoms with Crippen LogP contribution in [0.4, 0.5) is 5.69 Å². The molecule has 3 aromatic rings. The van der Waals surface area contributed by atoms with Crippen molar-refractivity contribution < 1.29 is 19.2 Å². The van der Waals surface area contributed by atoms with Gasteiger partial charge in [-0.3, -0.25) is 24.1 Å². The molecule has 0 fully saturated rings. The fraction of sp³-hybridized carbons (Fsp3) is 0.185. The molecule has 1 aliphatic rings. The Hall–Kier alpha value is -3.62. The lowest BCUT2D eigenvalue weighted by molar-refractivity contribution is 0.0641. The summed E-state index contributed by atoms with van der Waals surface area (Å²) in [4.78, 5) is 52.4. The van der Waals surface area contributed by atoms with Gasteiger partial charge in [0.05, 0.1) is 33.8 Å². The molecule has 36 heavy (non-hydrogen) atoms. The fourth-order valence-corrected chi connectivity index (χ4v) is 4.36. The van der Waals surface area contributed by atoms with Crippen molar-refractivity contribution in [2.45, 2.75) is 26.4 Å². The molecule has 0 unspecified atom stereocenters. The maximum absolute atomic E-state index is 13.1. The lowest BCUT2D eigenvalue weighted by atomic mass is 10.0. The van der Waals surface area contributed by atoms with E-state index in [1.54, 1.807) is 68.4 Å². The lowest BCUT2D eigenvalue weighted by Crippen LogP contribution is -2.35. The minimum absolute atomic E-state index is 0.0881. The highest BCUT2D eigenvalue weighted by Crippen LogP contribution is 2.27. The summed E-state index contributed by atoms with van der Waals surface area (Å²) >= 11 is 10.4. The summed E-state index contributed by atoms with van der Waals surface area (Å²) in [5.41, 5.74) is 3.02. The van der Waals surface area contributed by atoms with Crippen molar-refractivity contribution in [3.05, 3.63) is 99.1 Å². The second-order valence-electron chi connectivity index (χ2n) is 8.56. The minimum atomic E-state index is -0.489. The second kappa shape index (κ2) is 10.6. The number of imide groups is 1. The molecule has 184 valence electrons. The Bertz CT molecular complexity index is 1360. The van der Waals surface area contributed by atoms with Crippen LogP contribution in [0.15, 0.2) is 60.7 Å². The highest BCUT2D eigenvalue weighted by Gasteiger charge is 2.35. The lowest BCUT2D eigenvalue weighted by Gasteiger charge is -2.17. The van der Waals surface area contributed by atoms with E-state index in [1.807, 2.05) is 0 Å². The summed E-state index contributed by atoms with van der Waals surface area (Å²) in [6.45, 7) is 3.72. The zero-order chi connectivity index (χ0) is 26.0. The quantitative estimate of drug-likeness (QED) is 0.309. The molecule has 7 nitrogen and oxygen atoms in total. The van der Waals surface area contributed by atoms with Crippen LogP contribution in [-0.4, -0.2) is 40.3 Å². The summed E-state index contributed by atoms with van der Waals surface area (Å²) < 4.78 is 0. The van der Waals surface area contributed by atoms with E-state index in [-0.39, 0.29) is 40.6 Å². The Morgan fingerprint density at radius 2 is 1.64 bits per heavy atom. The number of hydrogen-bond donors (Lipinski definition) is 3. The molecular formula is C27H24ClN3O4S. The number of benzene rings is 3. The summed E-state index contributed by atoms with van der Waals surface area (Å²) in [5.74, 6) is -1.17. The second-order valence-corrected chi connectivity index (χ2v) is 9.34. The molecule has 9 heteroatoms. The van der Waals surface area contributed by atoms with Gasteiger partial charge in [-0.1, -0.05) is 41.9 Å². The number of amides is 4. The van der Waals surface area contributed by atoms with Crippen LogP contribution in [0.1, 0.15) is 59.5 Å². The summed E-state index contributed by atoms with van der Waals surface area (Å²) in [6.07, 6.45) is 0. The van der Waals surface area contributed by atoms with Crippen molar-refractivity contribution >= 4 is 53.5 Å². The Kier molecular flexibility index (Phi) is 7.47. The van der Waals surface area contributed by atoms with Crippen molar-refractivity contribution in [3.63, 3.8) is 0 Å². The average molecular weight is 522 g/mol. The Morgan fingerprint density at radius 1 is 0.972 bits per heavy atom. The number of aryl methyl sites for hydroxylation is 1. The van der Waals surface area contributed by atoms with Crippen LogP contribution < -0.4 is 10.6 Å². The molecule has 0 aromatic heterocycles. The van der Waals surface area contributed by atoms with E-state index in [9.17, 15) is 19.2 Å². The van der Waals surface area contributed by atoms with Gasteiger partial charge in [-0.25, -0.2) is 0 Å².